The van der Waals surface area contributed by atoms with Gasteiger partial charge in [-0.25, -0.2) is 4.79 Å². The van der Waals surface area contributed by atoms with Crippen molar-refractivity contribution in [3.05, 3.63) is 28.2 Å². The van der Waals surface area contributed by atoms with Crippen molar-refractivity contribution in [3.8, 4) is 0 Å². The molecule has 5 nitrogen and oxygen atoms in total. The van der Waals surface area contributed by atoms with Gasteiger partial charge >= 0.3 is 12.0 Å². The van der Waals surface area contributed by atoms with Crippen LogP contribution >= 0.6 is 15.9 Å². The van der Waals surface area contributed by atoms with E-state index in [0.717, 1.165) is 22.1 Å². The van der Waals surface area contributed by atoms with Gasteiger partial charge in [-0.2, -0.15) is 0 Å². The Labute approximate surface area is 133 Å². The van der Waals surface area contributed by atoms with Crippen LogP contribution in [-0.2, 0) is 11.2 Å². The molecule has 0 aliphatic heterocycles. The first-order valence-electron chi connectivity index (χ1n) is 6.97. The molecule has 1 aromatic rings. The minimum Gasteiger partial charge on any atom is -0.481 e. The summed E-state index contributed by atoms with van der Waals surface area (Å²) >= 11 is 3.41. The maximum Gasteiger partial charge on any atom is 0.319 e. The lowest BCUT2D eigenvalue weighted by Gasteiger charge is -2.14. The van der Waals surface area contributed by atoms with Gasteiger partial charge < -0.3 is 15.7 Å². The van der Waals surface area contributed by atoms with Crippen LogP contribution in [0.3, 0.4) is 0 Å². The first-order chi connectivity index (χ1) is 9.92. The molecule has 0 bridgehead atoms. The Balaban J connectivity index is 2.45. The highest BCUT2D eigenvalue weighted by molar-refractivity contribution is 9.10. The first-order valence-corrected chi connectivity index (χ1v) is 7.76. The van der Waals surface area contributed by atoms with E-state index in [0.29, 0.717) is 13.0 Å². The summed E-state index contributed by atoms with van der Waals surface area (Å²) in [5.74, 6) is -0.684. The van der Waals surface area contributed by atoms with E-state index < -0.39 is 5.97 Å². The number of carboxylic acids is 1. The Morgan fingerprint density at radius 2 is 2.10 bits per heavy atom. The Bertz CT molecular complexity index is 506. The van der Waals surface area contributed by atoms with E-state index in [1.165, 1.54) is 0 Å². The van der Waals surface area contributed by atoms with Crippen LogP contribution in [0.2, 0.25) is 0 Å². The topological polar surface area (TPSA) is 78.4 Å². The number of hydrogen-bond donors (Lipinski definition) is 3. The summed E-state index contributed by atoms with van der Waals surface area (Å²) in [5, 5.41) is 14.2. The van der Waals surface area contributed by atoms with Crippen LogP contribution in [-0.4, -0.2) is 23.7 Å². The van der Waals surface area contributed by atoms with E-state index >= 15 is 0 Å². The second kappa shape index (κ2) is 8.67. The first kappa shape index (κ1) is 17.5. The lowest BCUT2D eigenvalue weighted by atomic mass is 10.1. The highest BCUT2D eigenvalue weighted by Crippen LogP contribution is 2.21. The molecule has 3 N–H and O–H groups in total. The third-order valence-electron chi connectivity index (χ3n) is 3.16. The number of benzene rings is 1. The molecule has 21 heavy (non-hydrogen) atoms. The van der Waals surface area contributed by atoms with Crippen molar-refractivity contribution in [2.75, 3.05) is 11.9 Å². The zero-order valence-corrected chi connectivity index (χ0v) is 13.9. The number of urea groups is 1. The number of nitrogens with one attached hydrogen (secondary N) is 2. The third kappa shape index (κ3) is 6.62. The maximum absolute atomic E-state index is 11.9. The molecule has 0 fully saturated rings. The van der Waals surface area contributed by atoms with Gasteiger partial charge in [-0.05, 0) is 42.5 Å². The SMILES string of the molecule is CCc1cc(Br)ccc1NC(=O)NCC(C)CCC(=O)O. The van der Waals surface area contributed by atoms with E-state index in [1.807, 2.05) is 32.0 Å². The molecular weight excluding hydrogens is 336 g/mol. The quantitative estimate of drug-likeness (QED) is 0.697. The summed E-state index contributed by atoms with van der Waals surface area (Å²) in [6.45, 7) is 4.40. The molecule has 0 aromatic heterocycles. The molecular formula is C15H21BrN2O3. The second-order valence-electron chi connectivity index (χ2n) is 5.03. The molecule has 0 saturated heterocycles. The minimum atomic E-state index is -0.811. The Kier molecular flexibility index (Phi) is 7.22. The zero-order chi connectivity index (χ0) is 15.8. The maximum atomic E-state index is 11.9. The van der Waals surface area contributed by atoms with Crippen LogP contribution in [0.4, 0.5) is 10.5 Å². The summed E-state index contributed by atoms with van der Waals surface area (Å²) in [5.41, 5.74) is 1.84. The van der Waals surface area contributed by atoms with Gasteiger partial charge in [0.15, 0.2) is 0 Å². The summed E-state index contributed by atoms with van der Waals surface area (Å²) in [6.07, 6.45) is 1.50. The van der Waals surface area contributed by atoms with Crippen LogP contribution in [0.25, 0.3) is 0 Å². The van der Waals surface area contributed by atoms with E-state index in [4.69, 9.17) is 5.11 Å². The monoisotopic (exact) mass is 356 g/mol. The fourth-order valence-corrected chi connectivity index (χ4v) is 2.29. The van der Waals surface area contributed by atoms with Gasteiger partial charge in [-0.1, -0.05) is 29.8 Å². The van der Waals surface area contributed by atoms with Crippen LogP contribution in [0.15, 0.2) is 22.7 Å². The molecule has 1 unspecified atom stereocenters. The Morgan fingerprint density at radius 3 is 2.71 bits per heavy atom. The van der Waals surface area contributed by atoms with Gasteiger partial charge in [0.25, 0.3) is 0 Å². The van der Waals surface area contributed by atoms with Crippen molar-refractivity contribution in [1.82, 2.24) is 5.32 Å². The molecule has 0 spiro atoms. The minimum absolute atomic E-state index is 0.122. The smallest absolute Gasteiger partial charge is 0.319 e. The number of rotatable bonds is 7. The van der Waals surface area contributed by atoms with Gasteiger partial charge in [0.1, 0.15) is 0 Å². The Hall–Kier alpha value is -1.56. The summed E-state index contributed by atoms with van der Waals surface area (Å²) < 4.78 is 0.979. The molecule has 1 aromatic carbocycles. The van der Waals surface area contributed by atoms with Crippen LogP contribution in [0.5, 0.6) is 0 Å². The molecule has 0 aliphatic rings. The zero-order valence-electron chi connectivity index (χ0n) is 12.3. The average Bonchev–Trinajstić information content (AvgIpc) is 2.44. The number of carbonyl (C=O) groups excluding carboxylic acids is 1. The number of aliphatic carboxylic acids is 1. The predicted molar refractivity (Wildman–Crippen MR) is 86.6 cm³/mol. The molecule has 116 valence electrons. The number of halogens is 1. The highest BCUT2D eigenvalue weighted by Gasteiger charge is 2.09. The number of amides is 2. The third-order valence-corrected chi connectivity index (χ3v) is 3.65. The number of anilines is 1. The van der Waals surface area contributed by atoms with E-state index in [-0.39, 0.29) is 18.4 Å². The largest absolute Gasteiger partial charge is 0.481 e. The number of aryl methyl sites for hydroxylation is 1. The molecule has 1 rings (SSSR count). The molecule has 0 radical (unpaired) electrons. The van der Waals surface area contributed by atoms with Crippen LogP contribution < -0.4 is 10.6 Å². The highest BCUT2D eigenvalue weighted by atomic mass is 79.9. The van der Waals surface area contributed by atoms with E-state index in [9.17, 15) is 9.59 Å². The molecule has 0 heterocycles. The Morgan fingerprint density at radius 1 is 1.38 bits per heavy atom. The molecule has 0 saturated carbocycles. The van der Waals surface area contributed by atoms with Crippen molar-refractivity contribution >= 4 is 33.6 Å². The second-order valence-corrected chi connectivity index (χ2v) is 5.94. The molecule has 0 aliphatic carbocycles. The van der Waals surface area contributed by atoms with Crippen molar-refractivity contribution in [3.63, 3.8) is 0 Å². The van der Waals surface area contributed by atoms with Gasteiger partial charge in [0.2, 0.25) is 0 Å². The van der Waals surface area contributed by atoms with Gasteiger partial charge in [-0.15, -0.1) is 0 Å². The lowest BCUT2D eigenvalue weighted by molar-refractivity contribution is -0.137. The molecule has 2 amide bonds. The lowest BCUT2D eigenvalue weighted by Crippen LogP contribution is -2.32. The van der Waals surface area contributed by atoms with Crippen molar-refractivity contribution in [2.24, 2.45) is 5.92 Å². The van der Waals surface area contributed by atoms with Gasteiger partial charge in [0, 0.05) is 23.1 Å². The number of hydrogen-bond acceptors (Lipinski definition) is 2. The standard InChI is InChI=1S/C15H21BrN2O3/c1-3-11-8-12(16)5-6-13(11)18-15(21)17-9-10(2)4-7-14(19)20/h5-6,8,10H,3-4,7,9H2,1-2H3,(H,19,20)(H2,17,18,21). The van der Waals surface area contributed by atoms with Crippen LogP contribution in [0, 0.1) is 5.92 Å². The van der Waals surface area contributed by atoms with E-state index in [2.05, 4.69) is 26.6 Å². The van der Waals surface area contributed by atoms with Crippen molar-refractivity contribution < 1.29 is 14.7 Å². The van der Waals surface area contributed by atoms with Crippen molar-refractivity contribution in [2.45, 2.75) is 33.1 Å². The van der Waals surface area contributed by atoms with Crippen molar-refractivity contribution in [1.29, 1.82) is 0 Å². The van der Waals surface area contributed by atoms with E-state index in [1.54, 1.807) is 0 Å². The molecule has 6 heteroatoms. The average molecular weight is 357 g/mol. The summed E-state index contributed by atoms with van der Waals surface area (Å²) in [7, 11) is 0. The molecule has 1 atom stereocenters. The fourth-order valence-electron chi connectivity index (χ4n) is 1.88. The fraction of sp³-hybridized carbons (Fsp3) is 0.467. The van der Waals surface area contributed by atoms with Gasteiger partial charge in [0.05, 0.1) is 0 Å². The number of carbonyl (C=O) groups is 2. The summed E-state index contributed by atoms with van der Waals surface area (Å²) in [6, 6.07) is 5.44. The van der Waals surface area contributed by atoms with Crippen LogP contribution in [0.1, 0.15) is 32.3 Å². The predicted octanol–water partition coefficient (Wildman–Crippen LogP) is 3.63. The summed E-state index contributed by atoms with van der Waals surface area (Å²) in [4.78, 5) is 22.3. The normalized spacial score (nSPS) is 11.8. The van der Waals surface area contributed by atoms with Gasteiger partial charge in [-0.3, -0.25) is 4.79 Å². The number of carboxylic acid groups (broad SMARTS) is 1.